The molecule has 0 aliphatic carbocycles. The molecule has 0 unspecified atom stereocenters. The highest BCUT2D eigenvalue weighted by molar-refractivity contribution is 7.99. The lowest BCUT2D eigenvalue weighted by atomic mass is 10.2. The monoisotopic (exact) mass is 261 g/mol. The van der Waals surface area contributed by atoms with Crippen molar-refractivity contribution in [3.63, 3.8) is 0 Å². The number of carbonyl (C=O) groups is 1. The lowest BCUT2D eigenvalue weighted by Crippen LogP contribution is -2.35. The van der Waals surface area contributed by atoms with Gasteiger partial charge in [-0.25, -0.2) is 4.79 Å². The maximum atomic E-state index is 11.8. The molecule has 1 heterocycles. The van der Waals surface area contributed by atoms with E-state index in [1.54, 1.807) is 16.7 Å². The molecule has 1 aliphatic heterocycles. The minimum Gasteiger partial charge on any atom is -0.444 e. The van der Waals surface area contributed by atoms with Crippen molar-refractivity contribution in [3.05, 3.63) is 0 Å². The third-order valence-corrected chi connectivity index (χ3v) is 3.71. The van der Waals surface area contributed by atoms with E-state index in [-0.39, 0.29) is 12.7 Å². The van der Waals surface area contributed by atoms with E-state index in [0.717, 1.165) is 31.0 Å². The van der Waals surface area contributed by atoms with Crippen LogP contribution < -0.4 is 0 Å². The fourth-order valence-corrected chi connectivity index (χ4v) is 2.68. The summed E-state index contributed by atoms with van der Waals surface area (Å²) in [5.41, 5.74) is -0.416. The van der Waals surface area contributed by atoms with Crippen LogP contribution in [0, 0.1) is 5.92 Å². The number of ether oxygens (including phenoxy) is 1. The standard InChI is InChI=1S/C12H23NO3S/c1-12(2,3)16-11(15)13-5-4-10(8-13)9-17-7-6-14/h10,14H,4-9H2,1-3H3/t10-/m1/s1. The van der Waals surface area contributed by atoms with E-state index in [2.05, 4.69) is 0 Å². The van der Waals surface area contributed by atoms with Crippen LogP contribution in [0.25, 0.3) is 0 Å². The van der Waals surface area contributed by atoms with Crippen molar-refractivity contribution in [2.75, 3.05) is 31.2 Å². The van der Waals surface area contributed by atoms with Crippen LogP contribution in [0.15, 0.2) is 0 Å². The average molecular weight is 261 g/mol. The molecule has 1 amide bonds. The lowest BCUT2D eigenvalue weighted by Gasteiger charge is -2.24. The molecule has 1 saturated heterocycles. The third kappa shape index (κ3) is 5.64. The van der Waals surface area contributed by atoms with E-state index < -0.39 is 5.60 Å². The molecule has 0 aromatic carbocycles. The zero-order valence-electron chi connectivity index (χ0n) is 10.9. The van der Waals surface area contributed by atoms with Gasteiger partial charge in [-0.15, -0.1) is 0 Å². The van der Waals surface area contributed by atoms with Crippen LogP contribution in [0.2, 0.25) is 0 Å². The predicted molar refractivity (Wildman–Crippen MR) is 70.3 cm³/mol. The van der Waals surface area contributed by atoms with Gasteiger partial charge >= 0.3 is 6.09 Å². The zero-order chi connectivity index (χ0) is 12.9. The fourth-order valence-electron chi connectivity index (χ4n) is 1.78. The molecule has 4 nitrogen and oxygen atoms in total. The van der Waals surface area contributed by atoms with E-state index in [0.29, 0.717) is 5.92 Å². The van der Waals surface area contributed by atoms with Gasteiger partial charge in [-0.1, -0.05) is 0 Å². The van der Waals surface area contributed by atoms with Crippen LogP contribution >= 0.6 is 11.8 Å². The van der Waals surface area contributed by atoms with Gasteiger partial charge in [0.25, 0.3) is 0 Å². The topological polar surface area (TPSA) is 49.8 Å². The Bertz CT molecular complexity index is 253. The Hall–Kier alpha value is -0.420. The molecule has 1 atom stereocenters. The molecule has 1 rings (SSSR count). The first kappa shape index (κ1) is 14.6. The molecule has 0 bridgehead atoms. The number of thioether (sulfide) groups is 1. The van der Waals surface area contributed by atoms with Crippen molar-refractivity contribution in [2.45, 2.75) is 32.8 Å². The molecular formula is C12H23NO3S. The fraction of sp³-hybridized carbons (Fsp3) is 0.917. The molecule has 1 N–H and O–H groups in total. The number of likely N-dealkylation sites (tertiary alicyclic amines) is 1. The smallest absolute Gasteiger partial charge is 0.410 e. The molecule has 5 heteroatoms. The van der Waals surface area contributed by atoms with Gasteiger partial charge in [0.2, 0.25) is 0 Å². The number of nitrogens with zero attached hydrogens (tertiary/aromatic N) is 1. The Balaban J connectivity index is 2.27. The van der Waals surface area contributed by atoms with E-state index in [1.807, 2.05) is 20.8 Å². The van der Waals surface area contributed by atoms with Gasteiger partial charge in [-0.05, 0) is 38.9 Å². The zero-order valence-corrected chi connectivity index (χ0v) is 11.8. The van der Waals surface area contributed by atoms with Crippen LogP contribution in [0.1, 0.15) is 27.2 Å². The summed E-state index contributed by atoms with van der Waals surface area (Å²) in [6.45, 7) is 7.46. The summed E-state index contributed by atoms with van der Waals surface area (Å²) in [6, 6.07) is 0. The summed E-state index contributed by atoms with van der Waals surface area (Å²) in [7, 11) is 0. The second kappa shape index (κ2) is 6.50. The van der Waals surface area contributed by atoms with Crippen molar-refractivity contribution in [2.24, 2.45) is 5.92 Å². The van der Waals surface area contributed by atoms with Gasteiger partial charge in [0.05, 0.1) is 6.61 Å². The van der Waals surface area contributed by atoms with Crippen LogP contribution in [-0.2, 0) is 4.74 Å². The van der Waals surface area contributed by atoms with Crippen molar-refractivity contribution < 1.29 is 14.6 Å². The normalized spacial score (nSPS) is 20.7. The van der Waals surface area contributed by atoms with Crippen molar-refractivity contribution in [3.8, 4) is 0 Å². The summed E-state index contributed by atoms with van der Waals surface area (Å²) in [6.07, 6.45) is 0.838. The Kier molecular flexibility index (Phi) is 5.59. The summed E-state index contributed by atoms with van der Waals surface area (Å²) in [5, 5.41) is 8.70. The average Bonchev–Trinajstić information content (AvgIpc) is 2.64. The number of hydrogen-bond acceptors (Lipinski definition) is 4. The molecule has 0 radical (unpaired) electrons. The molecule has 100 valence electrons. The number of hydrogen-bond donors (Lipinski definition) is 1. The Labute approximate surface area is 108 Å². The van der Waals surface area contributed by atoms with Gasteiger partial charge in [0.1, 0.15) is 5.60 Å². The summed E-state index contributed by atoms with van der Waals surface area (Å²) in [5.74, 6) is 2.34. The van der Waals surface area contributed by atoms with Crippen molar-refractivity contribution >= 4 is 17.9 Å². The summed E-state index contributed by atoms with van der Waals surface area (Å²) < 4.78 is 5.34. The second-order valence-corrected chi connectivity index (χ2v) is 6.53. The van der Waals surface area contributed by atoms with E-state index in [4.69, 9.17) is 9.84 Å². The van der Waals surface area contributed by atoms with Gasteiger partial charge in [-0.2, -0.15) is 11.8 Å². The number of aliphatic hydroxyl groups excluding tert-OH is 1. The molecule has 0 spiro atoms. The first-order valence-electron chi connectivity index (χ1n) is 6.09. The Morgan fingerprint density at radius 1 is 1.53 bits per heavy atom. The Morgan fingerprint density at radius 3 is 2.82 bits per heavy atom. The predicted octanol–water partition coefficient (Wildman–Crippen LogP) is 1.97. The molecule has 0 aromatic rings. The van der Waals surface area contributed by atoms with Crippen LogP contribution in [0.5, 0.6) is 0 Å². The highest BCUT2D eigenvalue weighted by Gasteiger charge is 2.29. The van der Waals surface area contributed by atoms with Crippen LogP contribution in [-0.4, -0.2) is 52.9 Å². The highest BCUT2D eigenvalue weighted by Crippen LogP contribution is 2.22. The number of rotatable bonds is 4. The summed E-state index contributed by atoms with van der Waals surface area (Å²) in [4.78, 5) is 13.6. The molecule has 17 heavy (non-hydrogen) atoms. The minimum absolute atomic E-state index is 0.202. The minimum atomic E-state index is -0.416. The largest absolute Gasteiger partial charge is 0.444 e. The maximum absolute atomic E-state index is 11.8. The van der Waals surface area contributed by atoms with Gasteiger partial charge < -0.3 is 14.7 Å². The second-order valence-electron chi connectivity index (χ2n) is 5.38. The van der Waals surface area contributed by atoms with E-state index >= 15 is 0 Å². The van der Waals surface area contributed by atoms with Crippen LogP contribution in [0.3, 0.4) is 0 Å². The van der Waals surface area contributed by atoms with E-state index in [1.165, 1.54) is 0 Å². The highest BCUT2D eigenvalue weighted by atomic mass is 32.2. The number of carbonyl (C=O) groups excluding carboxylic acids is 1. The third-order valence-electron chi connectivity index (χ3n) is 2.53. The first-order chi connectivity index (χ1) is 7.92. The van der Waals surface area contributed by atoms with Gasteiger partial charge in [0, 0.05) is 18.8 Å². The first-order valence-corrected chi connectivity index (χ1v) is 7.24. The van der Waals surface area contributed by atoms with Crippen molar-refractivity contribution in [1.29, 1.82) is 0 Å². The Morgan fingerprint density at radius 2 is 2.24 bits per heavy atom. The number of amides is 1. The maximum Gasteiger partial charge on any atom is 0.410 e. The van der Waals surface area contributed by atoms with Crippen LogP contribution in [0.4, 0.5) is 4.79 Å². The molecule has 1 aliphatic rings. The molecular weight excluding hydrogens is 238 g/mol. The molecule has 0 saturated carbocycles. The quantitative estimate of drug-likeness (QED) is 0.786. The summed E-state index contributed by atoms with van der Waals surface area (Å²) >= 11 is 1.75. The van der Waals surface area contributed by atoms with Gasteiger partial charge in [0.15, 0.2) is 0 Å². The van der Waals surface area contributed by atoms with Gasteiger partial charge in [-0.3, -0.25) is 0 Å². The van der Waals surface area contributed by atoms with Crippen molar-refractivity contribution in [1.82, 2.24) is 4.90 Å². The SMILES string of the molecule is CC(C)(C)OC(=O)N1CC[C@@H](CSCCO)C1. The number of aliphatic hydroxyl groups is 1. The van der Waals surface area contributed by atoms with E-state index in [9.17, 15) is 4.79 Å². The molecule has 1 fully saturated rings. The lowest BCUT2D eigenvalue weighted by molar-refractivity contribution is 0.0289. The molecule has 0 aromatic heterocycles.